The van der Waals surface area contributed by atoms with Crippen LogP contribution in [0.1, 0.15) is 20.3 Å². The van der Waals surface area contributed by atoms with E-state index in [4.69, 9.17) is 0 Å². The number of carbonyl (C=O) groups excluding carboxylic acids is 1. The summed E-state index contributed by atoms with van der Waals surface area (Å²) in [7, 11) is 1.64. The number of hydrogen-bond acceptors (Lipinski definition) is 4. The molecule has 2 N–H and O–H groups in total. The molecule has 0 saturated carbocycles. The second-order valence-electron chi connectivity index (χ2n) is 4.00. The molecule has 1 amide bonds. The molecule has 1 rings (SSSR count). The maximum Gasteiger partial charge on any atom is 0.239 e. The predicted molar refractivity (Wildman–Crippen MR) is 75.0 cm³/mol. The Bertz CT molecular complexity index is 381. The van der Waals surface area contributed by atoms with Crippen molar-refractivity contribution < 1.29 is 4.79 Å². The van der Waals surface area contributed by atoms with E-state index in [0.29, 0.717) is 6.54 Å². The highest BCUT2D eigenvalue weighted by Gasteiger charge is 2.10. The molecule has 0 radical (unpaired) electrons. The first kappa shape index (κ1) is 14.3. The van der Waals surface area contributed by atoms with Crippen molar-refractivity contribution in [1.29, 1.82) is 0 Å². The quantitative estimate of drug-likeness (QED) is 0.769. The van der Waals surface area contributed by atoms with Crippen molar-refractivity contribution in [1.82, 2.24) is 10.3 Å². The van der Waals surface area contributed by atoms with Crippen molar-refractivity contribution >= 4 is 17.5 Å². The number of pyridine rings is 1. The van der Waals surface area contributed by atoms with E-state index in [1.165, 1.54) is 0 Å². The Morgan fingerprint density at radius 1 is 1.39 bits per heavy atom. The fourth-order valence-corrected chi connectivity index (χ4v) is 1.56. The van der Waals surface area contributed by atoms with Crippen LogP contribution in [-0.4, -0.2) is 37.6 Å². The maximum atomic E-state index is 11.4. The van der Waals surface area contributed by atoms with Gasteiger partial charge >= 0.3 is 0 Å². The summed E-state index contributed by atoms with van der Waals surface area (Å²) in [5.74, 6) is 1.66. The van der Waals surface area contributed by atoms with Crippen LogP contribution in [-0.2, 0) is 4.79 Å². The molecule has 18 heavy (non-hydrogen) atoms. The molecule has 0 unspecified atom stereocenters. The van der Waals surface area contributed by atoms with Gasteiger partial charge in [0.05, 0.1) is 6.54 Å². The Balaban J connectivity index is 2.75. The number of carbonyl (C=O) groups is 1. The molecule has 0 fully saturated rings. The van der Waals surface area contributed by atoms with Crippen LogP contribution < -0.4 is 15.5 Å². The van der Waals surface area contributed by atoms with Crippen molar-refractivity contribution in [3.8, 4) is 0 Å². The zero-order valence-corrected chi connectivity index (χ0v) is 11.4. The summed E-state index contributed by atoms with van der Waals surface area (Å²) in [6.45, 7) is 6.10. The normalized spacial score (nSPS) is 9.94. The largest absolute Gasteiger partial charge is 0.370 e. The molecule has 100 valence electrons. The number of amides is 1. The molecule has 0 atom stereocenters. The summed E-state index contributed by atoms with van der Waals surface area (Å²) in [5.41, 5.74) is 0. The smallest absolute Gasteiger partial charge is 0.239 e. The number of rotatable bonds is 7. The molecule has 5 nitrogen and oxygen atoms in total. The van der Waals surface area contributed by atoms with Crippen molar-refractivity contribution in [3.63, 3.8) is 0 Å². The Labute approximate surface area is 109 Å². The lowest BCUT2D eigenvalue weighted by atomic mass is 10.3. The van der Waals surface area contributed by atoms with Gasteiger partial charge in [-0.1, -0.05) is 13.0 Å². The summed E-state index contributed by atoms with van der Waals surface area (Å²) >= 11 is 0. The van der Waals surface area contributed by atoms with E-state index in [0.717, 1.165) is 31.1 Å². The van der Waals surface area contributed by atoms with E-state index in [1.807, 2.05) is 30.0 Å². The van der Waals surface area contributed by atoms with E-state index in [2.05, 4.69) is 22.5 Å². The van der Waals surface area contributed by atoms with Gasteiger partial charge in [-0.2, -0.15) is 0 Å². The van der Waals surface area contributed by atoms with Crippen LogP contribution in [0, 0.1) is 0 Å². The second kappa shape index (κ2) is 7.53. The van der Waals surface area contributed by atoms with Crippen LogP contribution in [0.2, 0.25) is 0 Å². The van der Waals surface area contributed by atoms with Crippen molar-refractivity contribution in [3.05, 3.63) is 18.2 Å². The topological polar surface area (TPSA) is 57.3 Å². The molecule has 1 aromatic rings. The number of hydrogen-bond donors (Lipinski definition) is 2. The molecule has 0 aliphatic rings. The standard InChI is InChI=1S/C13H22N4O/c1-4-9-15-11-7-6-8-12(16-11)17(5-2)10-13(18)14-3/h6-8H,4-5,9-10H2,1-3H3,(H,14,18)(H,15,16). The van der Waals surface area contributed by atoms with Crippen LogP contribution in [0.15, 0.2) is 18.2 Å². The molecule has 5 heteroatoms. The van der Waals surface area contributed by atoms with Crippen LogP contribution >= 0.6 is 0 Å². The zero-order chi connectivity index (χ0) is 13.4. The van der Waals surface area contributed by atoms with E-state index in [-0.39, 0.29) is 5.91 Å². The molecule has 0 aromatic carbocycles. The van der Waals surface area contributed by atoms with Gasteiger partial charge < -0.3 is 15.5 Å². The molecule has 0 aliphatic carbocycles. The number of anilines is 2. The van der Waals surface area contributed by atoms with Gasteiger partial charge in [-0.05, 0) is 25.5 Å². The summed E-state index contributed by atoms with van der Waals surface area (Å²) in [6.07, 6.45) is 1.06. The fourth-order valence-electron chi connectivity index (χ4n) is 1.56. The van der Waals surface area contributed by atoms with Gasteiger partial charge in [-0.15, -0.1) is 0 Å². The number of nitrogens with one attached hydrogen (secondary N) is 2. The van der Waals surface area contributed by atoms with Crippen molar-refractivity contribution in [2.24, 2.45) is 0 Å². The van der Waals surface area contributed by atoms with E-state index in [9.17, 15) is 4.79 Å². The zero-order valence-electron chi connectivity index (χ0n) is 11.4. The third kappa shape index (κ3) is 4.24. The number of nitrogens with zero attached hydrogens (tertiary/aromatic N) is 2. The van der Waals surface area contributed by atoms with Crippen LogP contribution in [0.3, 0.4) is 0 Å². The van der Waals surface area contributed by atoms with Gasteiger partial charge in [0.25, 0.3) is 0 Å². The molecule has 0 saturated heterocycles. The maximum absolute atomic E-state index is 11.4. The Kier molecular flexibility index (Phi) is 5.97. The monoisotopic (exact) mass is 250 g/mol. The van der Waals surface area contributed by atoms with E-state index >= 15 is 0 Å². The average molecular weight is 250 g/mol. The minimum Gasteiger partial charge on any atom is -0.370 e. The van der Waals surface area contributed by atoms with Crippen LogP contribution in [0.25, 0.3) is 0 Å². The molecule has 1 heterocycles. The van der Waals surface area contributed by atoms with Crippen LogP contribution in [0.4, 0.5) is 11.6 Å². The summed E-state index contributed by atoms with van der Waals surface area (Å²) in [6, 6.07) is 5.81. The minimum atomic E-state index is -0.00873. The first-order valence-electron chi connectivity index (χ1n) is 6.37. The predicted octanol–water partition coefficient (Wildman–Crippen LogP) is 1.48. The number of aromatic nitrogens is 1. The second-order valence-corrected chi connectivity index (χ2v) is 4.00. The molecule has 0 bridgehead atoms. The van der Waals surface area contributed by atoms with E-state index in [1.54, 1.807) is 7.05 Å². The fraction of sp³-hybridized carbons (Fsp3) is 0.538. The van der Waals surface area contributed by atoms with Gasteiger partial charge in [0.2, 0.25) is 5.91 Å². The van der Waals surface area contributed by atoms with Crippen LogP contribution in [0.5, 0.6) is 0 Å². The van der Waals surface area contributed by atoms with Gasteiger partial charge in [-0.25, -0.2) is 4.98 Å². The lowest BCUT2D eigenvalue weighted by Crippen LogP contribution is -2.36. The lowest BCUT2D eigenvalue weighted by molar-refractivity contribution is -0.119. The third-order valence-corrected chi connectivity index (χ3v) is 2.61. The first-order chi connectivity index (χ1) is 8.71. The first-order valence-corrected chi connectivity index (χ1v) is 6.37. The Morgan fingerprint density at radius 2 is 2.17 bits per heavy atom. The summed E-state index contributed by atoms with van der Waals surface area (Å²) < 4.78 is 0. The Morgan fingerprint density at radius 3 is 2.78 bits per heavy atom. The summed E-state index contributed by atoms with van der Waals surface area (Å²) in [5, 5.41) is 5.87. The van der Waals surface area contributed by atoms with Gasteiger partial charge in [0.15, 0.2) is 0 Å². The van der Waals surface area contributed by atoms with Crippen molar-refractivity contribution in [2.75, 3.05) is 36.9 Å². The molecular weight excluding hydrogens is 228 g/mol. The minimum absolute atomic E-state index is 0.00873. The number of likely N-dealkylation sites (N-methyl/N-ethyl adjacent to an activating group) is 2. The lowest BCUT2D eigenvalue weighted by Gasteiger charge is -2.21. The van der Waals surface area contributed by atoms with Gasteiger partial charge in [-0.3, -0.25) is 4.79 Å². The highest BCUT2D eigenvalue weighted by Crippen LogP contribution is 2.13. The molecule has 0 aliphatic heterocycles. The highest BCUT2D eigenvalue weighted by molar-refractivity contribution is 5.80. The third-order valence-electron chi connectivity index (χ3n) is 2.61. The summed E-state index contributed by atoms with van der Waals surface area (Å²) in [4.78, 5) is 17.9. The molecule has 0 spiro atoms. The SMILES string of the molecule is CCCNc1cccc(N(CC)CC(=O)NC)n1. The van der Waals surface area contributed by atoms with E-state index < -0.39 is 0 Å². The Hall–Kier alpha value is -1.78. The van der Waals surface area contributed by atoms with Gasteiger partial charge in [0, 0.05) is 20.1 Å². The molecular formula is C13H22N4O. The van der Waals surface area contributed by atoms with Crippen molar-refractivity contribution in [2.45, 2.75) is 20.3 Å². The molecule has 1 aromatic heterocycles. The van der Waals surface area contributed by atoms with Gasteiger partial charge in [0.1, 0.15) is 11.6 Å². The highest BCUT2D eigenvalue weighted by atomic mass is 16.1. The average Bonchev–Trinajstić information content (AvgIpc) is 2.42.